The molecule has 3 unspecified atom stereocenters. The summed E-state index contributed by atoms with van der Waals surface area (Å²) in [6.07, 6.45) is 3.81. The molecule has 2 saturated heterocycles. The molecule has 0 aromatic heterocycles. The van der Waals surface area contributed by atoms with Crippen molar-refractivity contribution in [3.63, 3.8) is 0 Å². The molecular weight excluding hydrogens is 274 g/mol. The van der Waals surface area contributed by atoms with Crippen LogP contribution in [0, 0.1) is 0 Å². The Labute approximate surface area is 125 Å². The number of carboxylic acids is 1. The van der Waals surface area contributed by atoms with E-state index in [1.54, 1.807) is 0 Å². The average molecular weight is 299 g/mol. The number of likely N-dealkylation sites (N-methyl/N-ethyl adjacent to an activating group) is 1. The number of carbonyl (C=O) groups excluding carboxylic acids is 1. The molecule has 2 heterocycles. The molecule has 7 heteroatoms. The van der Waals surface area contributed by atoms with E-state index in [2.05, 4.69) is 22.6 Å². The third-order valence-electron chi connectivity index (χ3n) is 4.29. The van der Waals surface area contributed by atoms with Crippen LogP contribution in [0.3, 0.4) is 0 Å². The lowest BCUT2D eigenvalue weighted by atomic mass is 10.0. The molecule has 0 aromatic carbocycles. The quantitative estimate of drug-likeness (QED) is 0.683. The fourth-order valence-electron chi connectivity index (χ4n) is 2.92. The van der Waals surface area contributed by atoms with E-state index >= 15 is 0 Å². The molecule has 0 saturated carbocycles. The van der Waals surface area contributed by atoms with Gasteiger partial charge in [0.2, 0.25) is 0 Å². The monoisotopic (exact) mass is 299 g/mol. The number of urea groups is 1. The summed E-state index contributed by atoms with van der Waals surface area (Å²) >= 11 is 0. The van der Waals surface area contributed by atoms with Crippen molar-refractivity contribution in [2.75, 3.05) is 26.7 Å². The second-order valence-electron chi connectivity index (χ2n) is 5.88. The van der Waals surface area contributed by atoms with E-state index in [0.29, 0.717) is 32.0 Å². The number of rotatable bonds is 5. The van der Waals surface area contributed by atoms with E-state index in [1.165, 1.54) is 12.8 Å². The number of piperidine rings is 1. The Kier molecular flexibility index (Phi) is 5.81. The third kappa shape index (κ3) is 4.86. The highest BCUT2D eigenvalue weighted by atomic mass is 16.5. The summed E-state index contributed by atoms with van der Waals surface area (Å²) in [5.41, 5.74) is 0. The molecule has 120 valence electrons. The topological polar surface area (TPSA) is 90.9 Å². The Bertz CT molecular complexity index is 377. The first-order chi connectivity index (χ1) is 10.1. The molecule has 0 spiro atoms. The Morgan fingerprint density at radius 2 is 1.95 bits per heavy atom. The van der Waals surface area contributed by atoms with Gasteiger partial charge >= 0.3 is 12.0 Å². The van der Waals surface area contributed by atoms with Crippen molar-refractivity contribution in [1.82, 2.24) is 15.5 Å². The Morgan fingerprint density at radius 3 is 2.62 bits per heavy atom. The lowest BCUT2D eigenvalue weighted by Crippen LogP contribution is -2.48. The first kappa shape index (κ1) is 16.0. The van der Waals surface area contributed by atoms with Crippen LogP contribution in [0.1, 0.15) is 32.1 Å². The summed E-state index contributed by atoms with van der Waals surface area (Å²) in [7, 11) is 2.09. The fraction of sp³-hybridized carbons (Fsp3) is 0.857. The predicted molar refractivity (Wildman–Crippen MR) is 77.2 cm³/mol. The van der Waals surface area contributed by atoms with Crippen molar-refractivity contribution in [3.05, 3.63) is 0 Å². The minimum atomic E-state index is -0.928. The Morgan fingerprint density at radius 1 is 1.19 bits per heavy atom. The van der Waals surface area contributed by atoms with Crippen LogP contribution >= 0.6 is 0 Å². The van der Waals surface area contributed by atoms with Crippen LogP contribution in [-0.2, 0) is 9.53 Å². The molecule has 21 heavy (non-hydrogen) atoms. The zero-order chi connectivity index (χ0) is 15.2. The van der Waals surface area contributed by atoms with Crippen molar-refractivity contribution < 1.29 is 19.4 Å². The van der Waals surface area contributed by atoms with Crippen LogP contribution in [0.15, 0.2) is 0 Å². The van der Waals surface area contributed by atoms with Crippen LogP contribution in [0.4, 0.5) is 4.79 Å². The van der Waals surface area contributed by atoms with Gasteiger partial charge in [-0.1, -0.05) is 6.42 Å². The van der Waals surface area contributed by atoms with Gasteiger partial charge in [0.25, 0.3) is 0 Å². The fourth-order valence-corrected chi connectivity index (χ4v) is 2.92. The van der Waals surface area contributed by atoms with E-state index in [4.69, 9.17) is 9.84 Å². The normalized spacial score (nSPS) is 30.0. The Balaban J connectivity index is 1.60. The van der Waals surface area contributed by atoms with Gasteiger partial charge in [0.15, 0.2) is 6.10 Å². The minimum Gasteiger partial charge on any atom is -0.479 e. The zero-order valence-corrected chi connectivity index (χ0v) is 12.5. The first-order valence-electron chi connectivity index (χ1n) is 7.66. The number of amides is 2. The van der Waals surface area contributed by atoms with Gasteiger partial charge in [0.1, 0.15) is 0 Å². The smallest absolute Gasteiger partial charge is 0.332 e. The van der Waals surface area contributed by atoms with Crippen LogP contribution < -0.4 is 10.6 Å². The summed E-state index contributed by atoms with van der Waals surface area (Å²) in [5.74, 6) is -0.928. The highest BCUT2D eigenvalue weighted by Gasteiger charge is 2.30. The van der Waals surface area contributed by atoms with Gasteiger partial charge < -0.3 is 25.4 Å². The lowest BCUT2D eigenvalue weighted by Gasteiger charge is -2.32. The second-order valence-corrected chi connectivity index (χ2v) is 5.88. The number of nitrogens with one attached hydrogen (secondary N) is 2. The molecule has 7 nitrogen and oxygen atoms in total. The summed E-state index contributed by atoms with van der Waals surface area (Å²) in [5, 5.41) is 14.5. The molecular formula is C14H25N3O4. The van der Waals surface area contributed by atoms with Crippen molar-refractivity contribution in [3.8, 4) is 0 Å². The number of hydrogen-bond donors (Lipinski definition) is 3. The Hall–Kier alpha value is -1.34. The zero-order valence-electron chi connectivity index (χ0n) is 12.5. The SMILES string of the molecule is CN1CCCCC1CNC(=O)NCC1CCC(C(=O)O)O1. The van der Waals surface area contributed by atoms with Crippen LogP contribution in [0.2, 0.25) is 0 Å². The van der Waals surface area contributed by atoms with Gasteiger partial charge in [-0.15, -0.1) is 0 Å². The van der Waals surface area contributed by atoms with E-state index in [0.717, 1.165) is 13.0 Å². The molecule has 2 aliphatic heterocycles. The maximum Gasteiger partial charge on any atom is 0.332 e. The van der Waals surface area contributed by atoms with Gasteiger partial charge in [-0.05, 0) is 39.3 Å². The molecule has 3 atom stereocenters. The van der Waals surface area contributed by atoms with Crippen molar-refractivity contribution in [2.24, 2.45) is 0 Å². The largest absolute Gasteiger partial charge is 0.479 e. The third-order valence-corrected chi connectivity index (χ3v) is 4.29. The summed E-state index contributed by atoms with van der Waals surface area (Å²) < 4.78 is 5.33. The van der Waals surface area contributed by atoms with E-state index < -0.39 is 12.1 Å². The number of aliphatic carboxylic acids is 1. The highest BCUT2D eigenvalue weighted by molar-refractivity contribution is 5.74. The van der Waals surface area contributed by atoms with E-state index in [-0.39, 0.29) is 12.1 Å². The van der Waals surface area contributed by atoms with Gasteiger partial charge in [0, 0.05) is 19.1 Å². The number of likely N-dealkylation sites (tertiary alicyclic amines) is 1. The highest BCUT2D eigenvalue weighted by Crippen LogP contribution is 2.19. The molecule has 0 radical (unpaired) electrons. The van der Waals surface area contributed by atoms with Gasteiger partial charge in [-0.2, -0.15) is 0 Å². The van der Waals surface area contributed by atoms with E-state index in [9.17, 15) is 9.59 Å². The molecule has 0 aromatic rings. The molecule has 2 fully saturated rings. The van der Waals surface area contributed by atoms with E-state index in [1.807, 2.05) is 0 Å². The summed E-state index contributed by atoms with van der Waals surface area (Å²) in [6.45, 7) is 2.09. The van der Waals surface area contributed by atoms with Crippen molar-refractivity contribution >= 4 is 12.0 Å². The lowest BCUT2D eigenvalue weighted by molar-refractivity contribution is -0.149. The van der Waals surface area contributed by atoms with Crippen molar-refractivity contribution in [1.29, 1.82) is 0 Å². The molecule has 2 rings (SSSR count). The summed E-state index contributed by atoms with van der Waals surface area (Å²) in [4.78, 5) is 24.8. The van der Waals surface area contributed by atoms with Crippen LogP contribution in [0.25, 0.3) is 0 Å². The number of carboxylic acid groups (broad SMARTS) is 1. The van der Waals surface area contributed by atoms with Crippen LogP contribution in [-0.4, -0.2) is 66.9 Å². The van der Waals surface area contributed by atoms with Gasteiger partial charge in [-0.25, -0.2) is 9.59 Å². The molecule has 2 aliphatic rings. The van der Waals surface area contributed by atoms with Crippen molar-refractivity contribution in [2.45, 2.75) is 50.4 Å². The number of ether oxygens (including phenoxy) is 1. The number of hydrogen-bond acceptors (Lipinski definition) is 4. The minimum absolute atomic E-state index is 0.200. The number of carbonyl (C=O) groups is 2. The molecule has 3 N–H and O–H groups in total. The molecule has 2 amide bonds. The molecule has 0 bridgehead atoms. The van der Waals surface area contributed by atoms with Gasteiger partial charge in [0.05, 0.1) is 6.10 Å². The maximum atomic E-state index is 11.8. The average Bonchev–Trinajstić information content (AvgIpc) is 2.93. The predicted octanol–water partition coefficient (Wildman–Crippen LogP) is 0.402. The standard InChI is InChI=1S/C14H25N3O4/c1-17-7-3-2-4-10(17)8-15-14(20)16-9-11-5-6-12(21-11)13(18)19/h10-12H,2-9H2,1H3,(H,18,19)(H2,15,16,20). The maximum absolute atomic E-state index is 11.8. The number of nitrogens with zero attached hydrogens (tertiary/aromatic N) is 1. The second kappa shape index (κ2) is 7.61. The summed E-state index contributed by atoms with van der Waals surface area (Å²) in [6, 6.07) is 0.194. The first-order valence-corrected chi connectivity index (χ1v) is 7.66. The molecule has 0 aliphatic carbocycles. The van der Waals surface area contributed by atoms with Gasteiger partial charge in [-0.3, -0.25) is 0 Å². The van der Waals surface area contributed by atoms with Crippen LogP contribution in [0.5, 0.6) is 0 Å².